The van der Waals surface area contributed by atoms with Crippen LogP contribution in [-0.4, -0.2) is 23.6 Å². The van der Waals surface area contributed by atoms with Crippen molar-refractivity contribution in [1.29, 1.82) is 5.26 Å². The molecule has 2 rings (SSSR count). The highest BCUT2D eigenvalue weighted by molar-refractivity contribution is 5.97. The van der Waals surface area contributed by atoms with E-state index in [2.05, 4.69) is 5.32 Å². The molecule has 7 nitrogen and oxygen atoms in total. The lowest BCUT2D eigenvalue weighted by molar-refractivity contribution is -0.137. The molecule has 0 fully saturated rings. The highest BCUT2D eigenvalue weighted by atomic mass is 16.5. The van der Waals surface area contributed by atoms with Crippen LogP contribution in [0.3, 0.4) is 0 Å². The number of furan rings is 1. The van der Waals surface area contributed by atoms with Gasteiger partial charge in [-0.1, -0.05) is 30.3 Å². The zero-order valence-electron chi connectivity index (χ0n) is 13.7. The second-order valence-electron chi connectivity index (χ2n) is 5.06. The van der Waals surface area contributed by atoms with Crippen molar-refractivity contribution in [2.45, 2.75) is 6.54 Å². The molecule has 0 atom stereocenters. The van der Waals surface area contributed by atoms with Gasteiger partial charge in [0.05, 0.1) is 6.26 Å². The molecule has 0 saturated heterocycles. The van der Waals surface area contributed by atoms with Crippen LogP contribution in [0.25, 0.3) is 6.08 Å². The minimum Gasteiger partial charge on any atom is -0.507 e. The Hall–Kier alpha value is -3.79. The molecule has 1 heterocycles. The number of nitrogens with one attached hydrogen (secondary N) is 1. The van der Waals surface area contributed by atoms with Crippen molar-refractivity contribution < 1.29 is 23.8 Å². The number of nitrogens with zero attached hydrogens (tertiary/aromatic N) is 1. The molecule has 0 spiro atoms. The Balaban J connectivity index is 1.89. The van der Waals surface area contributed by atoms with Crippen molar-refractivity contribution in [2.24, 2.45) is 0 Å². The summed E-state index contributed by atoms with van der Waals surface area (Å²) in [5.74, 6) is -1.68. The Labute approximate surface area is 149 Å². The first-order chi connectivity index (χ1) is 12.6. The molecule has 0 saturated carbocycles. The standard InChI is InChI=1S/C19H16N2O5/c20-11-16(19(24)21-12-14-5-2-1-3-6-14)17(22)13-26-18(23)9-8-15-7-4-10-25-15/h1-10,22H,12-13H2,(H,21,24)/b9-8?,17-16-. The topological polar surface area (TPSA) is 113 Å². The molecule has 7 heteroatoms. The number of nitriles is 1. The third-order valence-corrected chi connectivity index (χ3v) is 3.20. The number of carbonyl (C=O) groups is 2. The van der Waals surface area contributed by atoms with Gasteiger partial charge in [0, 0.05) is 12.6 Å². The van der Waals surface area contributed by atoms with Gasteiger partial charge in [-0.05, 0) is 23.8 Å². The van der Waals surface area contributed by atoms with Crippen molar-refractivity contribution in [1.82, 2.24) is 5.32 Å². The number of ether oxygens (including phenoxy) is 1. The van der Waals surface area contributed by atoms with E-state index in [-0.39, 0.29) is 6.54 Å². The van der Waals surface area contributed by atoms with Gasteiger partial charge in [0.15, 0.2) is 11.3 Å². The van der Waals surface area contributed by atoms with Crippen LogP contribution in [0.1, 0.15) is 11.3 Å². The smallest absolute Gasteiger partial charge is 0.331 e. The summed E-state index contributed by atoms with van der Waals surface area (Å²) in [5.41, 5.74) is 0.330. The van der Waals surface area contributed by atoms with Gasteiger partial charge >= 0.3 is 5.97 Å². The van der Waals surface area contributed by atoms with Gasteiger partial charge in [0.1, 0.15) is 18.4 Å². The molecule has 0 aliphatic heterocycles. The predicted molar refractivity (Wildman–Crippen MR) is 92.3 cm³/mol. The van der Waals surface area contributed by atoms with E-state index < -0.39 is 29.8 Å². The van der Waals surface area contributed by atoms with E-state index in [0.717, 1.165) is 11.6 Å². The number of benzene rings is 1. The molecule has 26 heavy (non-hydrogen) atoms. The van der Waals surface area contributed by atoms with Gasteiger partial charge in [-0.2, -0.15) is 5.26 Å². The monoisotopic (exact) mass is 352 g/mol. The lowest BCUT2D eigenvalue weighted by Gasteiger charge is -2.07. The van der Waals surface area contributed by atoms with E-state index >= 15 is 0 Å². The van der Waals surface area contributed by atoms with Crippen LogP contribution >= 0.6 is 0 Å². The summed E-state index contributed by atoms with van der Waals surface area (Å²) in [6.07, 6.45) is 3.95. The second-order valence-corrected chi connectivity index (χ2v) is 5.06. The fraction of sp³-hybridized carbons (Fsp3) is 0.105. The molecular formula is C19H16N2O5. The maximum Gasteiger partial charge on any atom is 0.331 e. The first kappa shape index (κ1) is 18.5. The van der Waals surface area contributed by atoms with E-state index in [1.807, 2.05) is 30.3 Å². The van der Waals surface area contributed by atoms with Crippen LogP contribution in [0, 0.1) is 11.3 Å². The third-order valence-electron chi connectivity index (χ3n) is 3.20. The molecule has 1 amide bonds. The lowest BCUT2D eigenvalue weighted by Crippen LogP contribution is -2.25. The predicted octanol–water partition coefficient (Wildman–Crippen LogP) is 2.49. The quantitative estimate of drug-likeness (QED) is 0.343. The summed E-state index contributed by atoms with van der Waals surface area (Å²) in [6, 6.07) is 14.0. The molecule has 0 aliphatic carbocycles. The van der Waals surface area contributed by atoms with Crippen LogP contribution in [0.5, 0.6) is 0 Å². The molecule has 0 radical (unpaired) electrons. The van der Waals surface area contributed by atoms with Crippen LogP contribution in [0.15, 0.2) is 70.6 Å². The second kappa shape index (κ2) is 9.49. The number of hydrogen-bond donors (Lipinski definition) is 2. The molecular weight excluding hydrogens is 336 g/mol. The summed E-state index contributed by atoms with van der Waals surface area (Å²) in [4.78, 5) is 23.6. The lowest BCUT2D eigenvalue weighted by atomic mass is 10.2. The van der Waals surface area contributed by atoms with Gasteiger partial charge in [-0.15, -0.1) is 0 Å². The van der Waals surface area contributed by atoms with Crippen molar-refractivity contribution in [3.63, 3.8) is 0 Å². The fourth-order valence-corrected chi connectivity index (χ4v) is 1.91. The Morgan fingerprint density at radius 3 is 2.65 bits per heavy atom. The number of rotatable bonds is 7. The minimum absolute atomic E-state index is 0.198. The van der Waals surface area contributed by atoms with Crippen molar-refractivity contribution in [3.05, 3.63) is 77.5 Å². The number of aliphatic hydroxyl groups excluding tert-OH is 1. The fourth-order valence-electron chi connectivity index (χ4n) is 1.91. The normalized spacial score (nSPS) is 11.5. The van der Waals surface area contributed by atoms with Crippen LogP contribution < -0.4 is 5.32 Å². The number of hydrogen-bond acceptors (Lipinski definition) is 6. The highest BCUT2D eigenvalue weighted by Gasteiger charge is 2.16. The average molecular weight is 352 g/mol. The highest BCUT2D eigenvalue weighted by Crippen LogP contribution is 2.05. The Morgan fingerprint density at radius 2 is 2.00 bits per heavy atom. The van der Waals surface area contributed by atoms with Crippen LogP contribution in [0.4, 0.5) is 0 Å². The molecule has 1 aromatic carbocycles. The van der Waals surface area contributed by atoms with E-state index in [1.54, 1.807) is 18.2 Å². The van der Waals surface area contributed by atoms with Crippen LogP contribution in [0.2, 0.25) is 0 Å². The van der Waals surface area contributed by atoms with Crippen molar-refractivity contribution in [2.75, 3.05) is 6.61 Å². The number of amides is 1. The zero-order chi connectivity index (χ0) is 18.8. The summed E-state index contributed by atoms with van der Waals surface area (Å²) in [6.45, 7) is -0.396. The summed E-state index contributed by atoms with van der Waals surface area (Å²) < 4.78 is 9.80. The molecule has 0 unspecified atom stereocenters. The first-order valence-corrected chi connectivity index (χ1v) is 7.63. The third kappa shape index (κ3) is 5.69. The van der Waals surface area contributed by atoms with E-state index in [9.17, 15) is 14.7 Å². The molecule has 1 aromatic heterocycles. The van der Waals surface area contributed by atoms with Crippen molar-refractivity contribution >= 4 is 18.0 Å². The molecule has 0 bridgehead atoms. The SMILES string of the molecule is N#C/C(C(=O)NCc1ccccc1)=C(/O)COC(=O)C=Cc1ccco1. The Bertz CT molecular complexity index is 846. The maximum atomic E-state index is 12.0. The largest absolute Gasteiger partial charge is 0.507 e. The minimum atomic E-state index is -0.755. The average Bonchev–Trinajstić information content (AvgIpc) is 3.18. The van der Waals surface area contributed by atoms with Crippen molar-refractivity contribution in [3.8, 4) is 6.07 Å². The summed E-state index contributed by atoms with van der Waals surface area (Å²) >= 11 is 0. The molecule has 2 aromatic rings. The van der Waals surface area contributed by atoms with E-state index in [0.29, 0.717) is 5.76 Å². The zero-order valence-corrected chi connectivity index (χ0v) is 13.7. The van der Waals surface area contributed by atoms with Gasteiger partial charge in [0.2, 0.25) is 0 Å². The van der Waals surface area contributed by atoms with Gasteiger partial charge < -0.3 is 19.6 Å². The number of carbonyl (C=O) groups excluding carboxylic acids is 2. The summed E-state index contributed by atoms with van der Waals surface area (Å²) in [7, 11) is 0. The Morgan fingerprint density at radius 1 is 1.23 bits per heavy atom. The van der Waals surface area contributed by atoms with E-state index in [1.165, 1.54) is 12.3 Å². The Kier molecular flexibility index (Phi) is 6.77. The molecule has 0 aliphatic rings. The maximum absolute atomic E-state index is 12.0. The van der Waals surface area contributed by atoms with Crippen LogP contribution in [-0.2, 0) is 20.9 Å². The summed E-state index contributed by atoms with van der Waals surface area (Å²) in [5, 5.41) is 21.4. The number of aliphatic hydroxyl groups is 1. The number of esters is 1. The first-order valence-electron chi connectivity index (χ1n) is 7.63. The van der Waals surface area contributed by atoms with Gasteiger partial charge in [-0.3, -0.25) is 4.79 Å². The molecule has 2 N–H and O–H groups in total. The van der Waals surface area contributed by atoms with E-state index in [4.69, 9.17) is 14.4 Å². The molecule has 132 valence electrons. The van der Waals surface area contributed by atoms with Gasteiger partial charge in [-0.25, -0.2) is 4.79 Å². The van der Waals surface area contributed by atoms with Gasteiger partial charge in [0.25, 0.3) is 5.91 Å².